The van der Waals surface area contributed by atoms with E-state index in [1.54, 1.807) is 18.2 Å². The van der Waals surface area contributed by atoms with Gasteiger partial charge in [-0.2, -0.15) is 0 Å². The minimum atomic E-state index is -0.623. The van der Waals surface area contributed by atoms with E-state index >= 15 is 0 Å². The average molecular weight is 193 g/mol. The molecular formula is C10H11NO3. The number of amides is 1. The maximum Gasteiger partial charge on any atom is 0.246 e. The minimum Gasteiger partial charge on any atom is -0.449 e. The summed E-state index contributed by atoms with van der Waals surface area (Å²) in [6.45, 7) is 3.67. The molecule has 14 heavy (non-hydrogen) atoms. The van der Waals surface area contributed by atoms with E-state index < -0.39 is 5.79 Å². The molecule has 0 radical (unpaired) electrons. The third-order valence-electron chi connectivity index (χ3n) is 1.88. The monoisotopic (exact) mass is 193 g/mol. The van der Waals surface area contributed by atoms with Gasteiger partial charge in [0.15, 0.2) is 11.5 Å². The van der Waals surface area contributed by atoms with Gasteiger partial charge in [-0.25, -0.2) is 0 Å². The standard InChI is InChI=1S/C10H11NO3/c1-10(2)13-8-4-3-7(11-6-12)5-9(8)14-10/h3-6H,1-2H3,(H,11,12). The Kier molecular flexibility index (Phi) is 1.84. The van der Waals surface area contributed by atoms with Crippen molar-refractivity contribution < 1.29 is 14.3 Å². The van der Waals surface area contributed by atoms with Crippen molar-refractivity contribution >= 4 is 12.1 Å². The number of carbonyl (C=O) groups is 1. The highest BCUT2D eigenvalue weighted by molar-refractivity contribution is 5.73. The Bertz CT molecular complexity index is 374. The van der Waals surface area contributed by atoms with E-state index in [1.807, 2.05) is 13.8 Å². The molecule has 1 heterocycles. The Morgan fingerprint density at radius 1 is 1.29 bits per heavy atom. The fourth-order valence-corrected chi connectivity index (χ4v) is 1.38. The Hall–Kier alpha value is -1.71. The Labute approximate surface area is 81.8 Å². The van der Waals surface area contributed by atoms with Crippen molar-refractivity contribution in [3.05, 3.63) is 18.2 Å². The smallest absolute Gasteiger partial charge is 0.246 e. The van der Waals surface area contributed by atoms with Crippen LogP contribution in [0.15, 0.2) is 18.2 Å². The van der Waals surface area contributed by atoms with Gasteiger partial charge in [0, 0.05) is 25.6 Å². The van der Waals surface area contributed by atoms with E-state index in [-0.39, 0.29) is 0 Å². The predicted molar refractivity (Wildman–Crippen MR) is 51.5 cm³/mol. The van der Waals surface area contributed by atoms with Gasteiger partial charge in [-0.05, 0) is 12.1 Å². The van der Waals surface area contributed by atoms with Crippen molar-refractivity contribution in [2.45, 2.75) is 19.6 Å². The summed E-state index contributed by atoms with van der Waals surface area (Å²) in [7, 11) is 0. The fourth-order valence-electron chi connectivity index (χ4n) is 1.38. The molecule has 4 nitrogen and oxygen atoms in total. The number of benzene rings is 1. The molecule has 0 aliphatic carbocycles. The van der Waals surface area contributed by atoms with Crippen LogP contribution in [0.25, 0.3) is 0 Å². The van der Waals surface area contributed by atoms with Gasteiger partial charge >= 0.3 is 0 Å². The Morgan fingerprint density at radius 2 is 2.00 bits per heavy atom. The van der Waals surface area contributed by atoms with E-state index in [1.165, 1.54) is 0 Å². The predicted octanol–water partition coefficient (Wildman–Crippen LogP) is 1.76. The fraction of sp³-hybridized carbons (Fsp3) is 0.300. The van der Waals surface area contributed by atoms with Crippen LogP contribution in [0.5, 0.6) is 11.5 Å². The molecule has 4 heteroatoms. The van der Waals surface area contributed by atoms with Crippen LogP contribution in [0.3, 0.4) is 0 Å². The van der Waals surface area contributed by atoms with Crippen LogP contribution in [-0.4, -0.2) is 12.2 Å². The molecule has 0 spiro atoms. The van der Waals surface area contributed by atoms with Gasteiger partial charge in [0.1, 0.15) is 0 Å². The van der Waals surface area contributed by atoms with E-state index in [4.69, 9.17) is 9.47 Å². The second-order valence-electron chi connectivity index (χ2n) is 3.53. The highest BCUT2D eigenvalue weighted by atomic mass is 16.7. The lowest BCUT2D eigenvalue weighted by molar-refractivity contribution is -0.105. The lowest BCUT2D eigenvalue weighted by atomic mass is 10.3. The lowest BCUT2D eigenvalue weighted by Crippen LogP contribution is -2.29. The highest BCUT2D eigenvalue weighted by Crippen LogP contribution is 2.40. The van der Waals surface area contributed by atoms with Crippen LogP contribution in [-0.2, 0) is 4.79 Å². The van der Waals surface area contributed by atoms with Crippen molar-refractivity contribution in [3.8, 4) is 11.5 Å². The third-order valence-corrected chi connectivity index (χ3v) is 1.88. The first-order chi connectivity index (χ1) is 6.61. The molecule has 0 atom stereocenters. The molecule has 1 aromatic carbocycles. The Balaban J connectivity index is 2.30. The second kappa shape index (κ2) is 2.90. The zero-order valence-corrected chi connectivity index (χ0v) is 8.03. The normalized spacial score (nSPS) is 16.4. The topological polar surface area (TPSA) is 47.6 Å². The SMILES string of the molecule is CC1(C)Oc2ccc(NC=O)cc2O1. The molecular weight excluding hydrogens is 182 g/mol. The summed E-state index contributed by atoms with van der Waals surface area (Å²) in [5, 5.41) is 2.55. The van der Waals surface area contributed by atoms with Gasteiger partial charge in [0.05, 0.1) is 0 Å². The molecule has 0 saturated heterocycles. The van der Waals surface area contributed by atoms with Gasteiger partial charge in [-0.15, -0.1) is 0 Å². The molecule has 1 aromatic rings. The number of hydrogen-bond acceptors (Lipinski definition) is 3. The molecule has 1 N–H and O–H groups in total. The molecule has 2 rings (SSSR count). The van der Waals surface area contributed by atoms with Crippen LogP contribution < -0.4 is 14.8 Å². The first kappa shape index (κ1) is 8.87. The number of fused-ring (bicyclic) bond motifs is 1. The lowest BCUT2D eigenvalue weighted by Gasteiger charge is -2.16. The van der Waals surface area contributed by atoms with Crippen LogP contribution >= 0.6 is 0 Å². The average Bonchev–Trinajstić information content (AvgIpc) is 2.38. The summed E-state index contributed by atoms with van der Waals surface area (Å²) in [4.78, 5) is 10.2. The summed E-state index contributed by atoms with van der Waals surface area (Å²) in [5.41, 5.74) is 0.694. The first-order valence-electron chi connectivity index (χ1n) is 4.33. The number of ether oxygens (including phenoxy) is 2. The van der Waals surface area contributed by atoms with Crippen LogP contribution in [0.2, 0.25) is 0 Å². The van der Waals surface area contributed by atoms with Gasteiger partial charge in [0.25, 0.3) is 0 Å². The Morgan fingerprint density at radius 3 is 2.71 bits per heavy atom. The van der Waals surface area contributed by atoms with Gasteiger partial charge < -0.3 is 14.8 Å². The van der Waals surface area contributed by atoms with E-state index in [0.29, 0.717) is 23.6 Å². The molecule has 0 unspecified atom stereocenters. The zero-order valence-electron chi connectivity index (χ0n) is 8.03. The number of rotatable bonds is 2. The number of anilines is 1. The molecule has 0 saturated carbocycles. The molecule has 0 bridgehead atoms. The third kappa shape index (κ3) is 1.51. The summed E-state index contributed by atoms with van der Waals surface area (Å²) < 4.78 is 11.0. The van der Waals surface area contributed by atoms with Gasteiger partial charge in [-0.3, -0.25) is 4.79 Å². The maximum absolute atomic E-state index is 10.2. The number of hydrogen-bond donors (Lipinski definition) is 1. The molecule has 0 aromatic heterocycles. The van der Waals surface area contributed by atoms with Crippen molar-refractivity contribution in [1.82, 2.24) is 0 Å². The summed E-state index contributed by atoms with van der Waals surface area (Å²) in [6.07, 6.45) is 0.628. The summed E-state index contributed by atoms with van der Waals surface area (Å²) >= 11 is 0. The first-order valence-corrected chi connectivity index (χ1v) is 4.33. The largest absolute Gasteiger partial charge is 0.449 e. The quantitative estimate of drug-likeness (QED) is 0.728. The van der Waals surface area contributed by atoms with Gasteiger partial charge in [-0.1, -0.05) is 0 Å². The van der Waals surface area contributed by atoms with Crippen molar-refractivity contribution in [2.75, 3.05) is 5.32 Å². The van der Waals surface area contributed by atoms with E-state index in [9.17, 15) is 4.79 Å². The van der Waals surface area contributed by atoms with E-state index in [0.717, 1.165) is 0 Å². The van der Waals surface area contributed by atoms with Crippen LogP contribution in [0.1, 0.15) is 13.8 Å². The zero-order chi connectivity index (χ0) is 10.2. The molecule has 1 aliphatic rings. The number of nitrogens with one attached hydrogen (secondary N) is 1. The summed E-state index contributed by atoms with van der Waals surface area (Å²) in [5.74, 6) is 0.732. The highest BCUT2D eigenvalue weighted by Gasteiger charge is 2.31. The molecule has 74 valence electrons. The number of carbonyl (C=O) groups excluding carboxylic acids is 1. The van der Waals surface area contributed by atoms with Gasteiger partial charge in [0.2, 0.25) is 12.2 Å². The maximum atomic E-state index is 10.2. The van der Waals surface area contributed by atoms with Crippen molar-refractivity contribution in [1.29, 1.82) is 0 Å². The second-order valence-corrected chi connectivity index (χ2v) is 3.53. The van der Waals surface area contributed by atoms with Crippen LogP contribution in [0, 0.1) is 0 Å². The van der Waals surface area contributed by atoms with Crippen LogP contribution in [0.4, 0.5) is 5.69 Å². The van der Waals surface area contributed by atoms with E-state index in [2.05, 4.69) is 5.32 Å². The van der Waals surface area contributed by atoms with Crippen molar-refractivity contribution in [2.24, 2.45) is 0 Å². The molecule has 1 aliphatic heterocycles. The minimum absolute atomic E-state index is 0.623. The van der Waals surface area contributed by atoms with Crippen molar-refractivity contribution in [3.63, 3.8) is 0 Å². The molecule has 0 fully saturated rings. The molecule has 1 amide bonds. The summed E-state index contributed by atoms with van der Waals surface area (Å²) in [6, 6.07) is 5.27.